The molecule has 0 amide bonds. The lowest BCUT2D eigenvalue weighted by Crippen LogP contribution is -2.26. The maximum absolute atomic E-state index is 12.5. The lowest BCUT2D eigenvalue weighted by Gasteiger charge is -2.17. The highest BCUT2D eigenvalue weighted by Crippen LogP contribution is 2.18. The lowest BCUT2D eigenvalue weighted by molar-refractivity contribution is 0.466. The van der Waals surface area contributed by atoms with Crippen LogP contribution >= 0.6 is 0 Å². The number of benzene rings is 1. The van der Waals surface area contributed by atoms with E-state index in [1.54, 1.807) is 37.8 Å². The minimum Gasteiger partial charge on any atom is -0.263 e. The molecule has 0 aliphatic heterocycles. The molecule has 0 N–H and O–H groups in total. The normalized spacial score (nSPS) is 11.6. The molecule has 0 atom stereocenters. The maximum atomic E-state index is 12.5. The van der Waals surface area contributed by atoms with Crippen molar-refractivity contribution in [2.75, 3.05) is 7.05 Å². The van der Waals surface area contributed by atoms with Crippen LogP contribution in [0.1, 0.15) is 5.56 Å². The van der Waals surface area contributed by atoms with Gasteiger partial charge in [-0.25, -0.2) is 18.4 Å². The second kappa shape index (κ2) is 6.86. The number of pyridine rings is 1. The Morgan fingerprint density at radius 2 is 1.67 bits per heavy atom. The quantitative estimate of drug-likeness (QED) is 0.713. The van der Waals surface area contributed by atoms with Crippen molar-refractivity contribution in [3.05, 3.63) is 72.8 Å². The summed E-state index contributed by atoms with van der Waals surface area (Å²) in [6.45, 7) is 0.271. The van der Waals surface area contributed by atoms with Gasteiger partial charge < -0.3 is 0 Å². The molecular formula is C17H16N4O2S. The van der Waals surface area contributed by atoms with Crippen LogP contribution in [0.5, 0.6) is 0 Å². The molecule has 1 aromatic carbocycles. The summed E-state index contributed by atoms with van der Waals surface area (Å²) >= 11 is 0. The van der Waals surface area contributed by atoms with Gasteiger partial charge in [0.25, 0.3) is 0 Å². The molecule has 122 valence electrons. The number of nitrogens with zero attached hydrogens (tertiary/aromatic N) is 4. The number of aromatic nitrogens is 3. The molecule has 7 heteroatoms. The largest absolute Gasteiger partial charge is 0.263 e. The molecule has 2 aromatic heterocycles. The molecular weight excluding hydrogens is 324 g/mol. The van der Waals surface area contributed by atoms with Crippen LogP contribution in [0.25, 0.3) is 11.4 Å². The Morgan fingerprint density at radius 3 is 2.29 bits per heavy atom. The number of hydrogen-bond donors (Lipinski definition) is 0. The zero-order valence-electron chi connectivity index (χ0n) is 13.1. The van der Waals surface area contributed by atoms with Crippen LogP contribution in [-0.4, -0.2) is 34.7 Å². The average molecular weight is 340 g/mol. The Morgan fingerprint density at radius 1 is 0.958 bits per heavy atom. The minimum atomic E-state index is -3.55. The highest BCUT2D eigenvalue weighted by Gasteiger charge is 2.20. The van der Waals surface area contributed by atoms with E-state index in [1.165, 1.54) is 16.6 Å². The predicted molar refractivity (Wildman–Crippen MR) is 90.4 cm³/mol. The molecule has 0 aliphatic carbocycles. The Kier molecular flexibility index (Phi) is 4.64. The highest BCUT2D eigenvalue weighted by molar-refractivity contribution is 7.89. The first kappa shape index (κ1) is 16.2. The van der Waals surface area contributed by atoms with Gasteiger partial charge >= 0.3 is 0 Å². The first-order chi connectivity index (χ1) is 11.6. The summed E-state index contributed by atoms with van der Waals surface area (Å²) in [5.41, 5.74) is 1.77. The van der Waals surface area contributed by atoms with E-state index in [-0.39, 0.29) is 11.4 Å². The van der Waals surface area contributed by atoms with E-state index >= 15 is 0 Å². The van der Waals surface area contributed by atoms with E-state index < -0.39 is 10.0 Å². The molecule has 3 rings (SSSR count). The van der Waals surface area contributed by atoms with Crippen LogP contribution in [-0.2, 0) is 16.6 Å². The fourth-order valence-corrected chi connectivity index (χ4v) is 3.35. The van der Waals surface area contributed by atoms with Gasteiger partial charge in [-0.1, -0.05) is 24.3 Å². The van der Waals surface area contributed by atoms with Crippen molar-refractivity contribution in [2.24, 2.45) is 0 Å². The zero-order chi connectivity index (χ0) is 17.0. The van der Waals surface area contributed by atoms with Gasteiger partial charge in [0.2, 0.25) is 10.0 Å². The van der Waals surface area contributed by atoms with E-state index in [2.05, 4.69) is 15.0 Å². The van der Waals surface area contributed by atoms with Crippen molar-refractivity contribution >= 4 is 10.0 Å². The van der Waals surface area contributed by atoms with Gasteiger partial charge in [-0.15, -0.1) is 0 Å². The fourth-order valence-electron chi connectivity index (χ4n) is 2.23. The van der Waals surface area contributed by atoms with Gasteiger partial charge in [-0.3, -0.25) is 4.98 Å². The van der Waals surface area contributed by atoms with Crippen LogP contribution < -0.4 is 0 Å². The molecule has 0 fully saturated rings. The Labute approximate surface area is 140 Å². The second-order valence-corrected chi connectivity index (χ2v) is 7.26. The van der Waals surface area contributed by atoms with E-state index in [1.807, 2.05) is 24.3 Å². The van der Waals surface area contributed by atoms with Crippen LogP contribution in [0.3, 0.4) is 0 Å². The summed E-state index contributed by atoms with van der Waals surface area (Å²) in [4.78, 5) is 12.4. The van der Waals surface area contributed by atoms with Crippen molar-refractivity contribution < 1.29 is 8.42 Å². The lowest BCUT2D eigenvalue weighted by atomic mass is 10.1. The minimum absolute atomic E-state index is 0.182. The summed E-state index contributed by atoms with van der Waals surface area (Å²) in [7, 11) is -2.00. The Bertz CT molecular complexity index is 898. The predicted octanol–water partition coefficient (Wildman–Crippen LogP) is 2.36. The van der Waals surface area contributed by atoms with Crippen LogP contribution in [0.2, 0.25) is 0 Å². The van der Waals surface area contributed by atoms with Crippen molar-refractivity contribution in [3.63, 3.8) is 0 Å². The Balaban J connectivity index is 1.77. The summed E-state index contributed by atoms with van der Waals surface area (Å²) in [5.74, 6) is 0.639. The molecule has 3 aromatic rings. The van der Waals surface area contributed by atoms with Gasteiger partial charge in [-0.05, 0) is 23.8 Å². The first-order valence-electron chi connectivity index (χ1n) is 7.30. The van der Waals surface area contributed by atoms with Gasteiger partial charge in [0.1, 0.15) is 4.90 Å². The molecule has 2 heterocycles. The van der Waals surface area contributed by atoms with Crippen molar-refractivity contribution in [1.29, 1.82) is 0 Å². The topological polar surface area (TPSA) is 76.1 Å². The highest BCUT2D eigenvalue weighted by atomic mass is 32.2. The fraction of sp³-hybridized carbons (Fsp3) is 0.118. The average Bonchev–Trinajstić information content (AvgIpc) is 2.64. The smallest absolute Gasteiger partial charge is 0.244 e. The van der Waals surface area contributed by atoms with Gasteiger partial charge in [0.15, 0.2) is 5.82 Å². The second-order valence-electron chi connectivity index (χ2n) is 5.22. The summed E-state index contributed by atoms with van der Waals surface area (Å²) in [6.07, 6.45) is 6.26. The Hall–Kier alpha value is -2.64. The standard InChI is InChI=1S/C17H16N4O2S/c1-21(24(22,23)16-4-2-9-18-12-16)13-14-5-7-15(8-6-14)17-19-10-3-11-20-17/h2-12H,13H2,1H3. The summed E-state index contributed by atoms with van der Waals surface area (Å²) < 4.78 is 26.3. The van der Waals surface area contributed by atoms with Crippen molar-refractivity contribution in [2.45, 2.75) is 11.4 Å². The summed E-state index contributed by atoms with van der Waals surface area (Å²) in [5, 5.41) is 0. The first-order valence-corrected chi connectivity index (χ1v) is 8.74. The molecule has 0 bridgehead atoms. The van der Waals surface area contributed by atoms with E-state index in [4.69, 9.17) is 0 Å². The number of hydrogen-bond acceptors (Lipinski definition) is 5. The number of rotatable bonds is 5. The maximum Gasteiger partial charge on any atom is 0.244 e. The monoisotopic (exact) mass is 340 g/mol. The number of sulfonamides is 1. The van der Waals surface area contributed by atoms with Crippen LogP contribution in [0.15, 0.2) is 72.1 Å². The van der Waals surface area contributed by atoms with Crippen LogP contribution in [0.4, 0.5) is 0 Å². The molecule has 0 radical (unpaired) electrons. The molecule has 0 unspecified atom stereocenters. The van der Waals surface area contributed by atoms with E-state index in [0.29, 0.717) is 5.82 Å². The van der Waals surface area contributed by atoms with Crippen molar-refractivity contribution in [1.82, 2.24) is 19.3 Å². The van der Waals surface area contributed by atoms with Crippen LogP contribution in [0, 0.1) is 0 Å². The molecule has 0 saturated carbocycles. The van der Waals surface area contributed by atoms with Gasteiger partial charge in [0.05, 0.1) is 0 Å². The molecule has 6 nitrogen and oxygen atoms in total. The third kappa shape index (κ3) is 3.47. The van der Waals surface area contributed by atoms with Gasteiger partial charge in [0, 0.05) is 43.9 Å². The van der Waals surface area contributed by atoms with E-state index in [0.717, 1.165) is 11.1 Å². The molecule has 0 spiro atoms. The molecule has 0 aliphatic rings. The van der Waals surface area contributed by atoms with Crippen molar-refractivity contribution in [3.8, 4) is 11.4 Å². The third-order valence-corrected chi connectivity index (χ3v) is 5.31. The SMILES string of the molecule is CN(Cc1ccc(-c2ncccn2)cc1)S(=O)(=O)c1cccnc1. The van der Waals surface area contributed by atoms with Gasteiger partial charge in [-0.2, -0.15) is 4.31 Å². The van der Waals surface area contributed by atoms with E-state index in [9.17, 15) is 8.42 Å². The summed E-state index contributed by atoms with van der Waals surface area (Å²) in [6, 6.07) is 12.4. The zero-order valence-corrected chi connectivity index (χ0v) is 13.9. The molecule has 24 heavy (non-hydrogen) atoms. The third-order valence-electron chi connectivity index (χ3n) is 3.53. The molecule has 0 saturated heterocycles.